The average molecular weight is 336 g/mol. The van der Waals surface area contributed by atoms with Crippen molar-refractivity contribution in [2.24, 2.45) is 5.92 Å². The molecule has 0 N–H and O–H groups in total. The van der Waals surface area contributed by atoms with Gasteiger partial charge in [0.25, 0.3) is 0 Å². The topological polar surface area (TPSA) is 17.1 Å². The summed E-state index contributed by atoms with van der Waals surface area (Å²) in [6, 6.07) is 19.8. The first-order chi connectivity index (χ1) is 11.6. The molecular weight excluding hydrogens is 311 g/mol. The Morgan fingerprint density at radius 1 is 1.04 bits per heavy atom. The first-order valence-corrected chi connectivity index (χ1v) is 10.6. The molecule has 1 aliphatic rings. The molecule has 0 radical (unpaired) electrons. The van der Waals surface area contributed by atoms with Crippen molar-refractivity contribution in [2.45, 2.75) is 26.2 Å². The molecule has 1 unspecified atom stereocenters. The molecule has 1 saturated carbocycles. The van der Waals surface area contributed by atoms with Crippen molar-refractivity contribution in [3.05, 3.63) is 84.5 Å². The summed E-state index contributed by atoms with van der Waals surface area (Å²) >= 11 is 0. The third-order valence-electron chi connectivity index (χ3n) is 4.90. The number of allylic oxidation sites excluding steroid dienone is 3. The lowest BCUT2D eigenvalue weighted by molar-refractivity contribution is 0.498. The van der Waals surface area contributed by atoms with Gasteiger partial charge in [0.1, 0.15) is 7.14 Å². The van der Waals surface area contributed by atoms with Crippen LogP contribution in [0.15, 0.2) is 84.5 Å². The van der Waals surface area contributed by atoms with Gasteiger partial charge < -0.3 is 4.57 Å². The van der Waals surface area contributed by atoms with Gasteiger partial charge in [-0.2, -0.15) is 0 Å². The fraction of sp³-hybridized carbons (Fsp3) is 0.273. The van der Waals surface area contributed by atoms with E-state index >= 15 is 0 Å². The third-order valence-corrected chi connectivity index (χ3v) is 7.86. The van der Waals surface area contributed by atoms with Crippen molar-refractivity contribution in [1.82, 2.24) is 0 Å². The Bertz CT molecular complexity index is 731. The minimum absolute atomic E-state index is 0.572. The van der Waals surface area contributed by atoms with Crippen molar-refractivity contribution < 1.29 is 4.57 Å². The predicted octanol–water partition coefficient (Wildman–Crippen LogP) is 5.30. The molecule has 0 saturated heterocycles. The minimum Gasteiger partial charge on any atom is -0.313 e. The lowest BCUT2D eigenvalue weighted by Crippen LogP contribution is -2.18. The Morgan fingerprint density at radius 3 is 2.12 bits per heavy atom. The Hall–Kier alpha value is -1.85. The van der Waals surface area contributed by atoms with Gasteiger partial charge in [0.05, 0.1) is 0 Å². The zero-order valence-electron chi connectivity index (χ0n) is 14.3. The van der Waals surface area contributed by atoms with Crippen LogP contribution in [0, 0.1) is 5.92 Å². The molecule has 2 heteroatoms. The molecule has 0 bridgehead atoms. The van der Waals surface area contributed by atoms with Crippen LogP contribution in [0.25, 0.3) is 0 Å². The van der Waals surface area contributed by atoms with Crippen LogP contribution in [0.2, 0.25) is 0 Å². The Labute approximate surface area is 145 Å². The summed E-state index contributed by atoms with van der Waals surface area (Å²) < 4.78 is 14.0. The van der Waals surface area contributed by atoms with Crippen LogP contribution in [0.3, 0.4) is 0 Å². The maximum atomic E-state index is 14.0. The van der Waals surface area contributed by atoms with Crippen LogP contribution in [0.5, 0.6) is 0 Å². The molecule has 0 heterocycles. The van der Waals surface area contributed by atoms with Gasteiger partial charge in [0.15, 0.2) is 0 Å². The van der Waals surface area contributed by atoms with Crippen molar-refractivity contribution >= 4 is 17.8 Å². The van der Waals surface area contributed by atoms with E-state index in [-0.39, 0.29) is 0 Å². The van der Waals surface area contributed by atoms with E-state index in [0.29, 0.717) is 12.1 Å². The molecule has 1 aliphatic carbocycles. The second-order valence-corrected chi connectivity index (χ2v) is 9.65. The van der Waals surface area contributed by atoms with E-state index in [1.165, 1.54) is 17.6 Å². The lowest BCUT2D eigenvalue weighted by Gasteiger charge is -2.24. The van der Waals surface area contributed by atoms with Crippen molar-refractivity contribution in [3.63, 3.8) is 0 Å². The standard InChI is InChI=1S/C22H25OP/c1-18-13-14-19(2)20(17-18)15-16-24(23,21-9-5-3-6-10-21)22-11-7-4-8-12-22/h3-12,15,18H,2,13-14,16-17H2,1H3/b20-15-. The summed E-state index contributed by atoms with van der Waals surface area (Å²) in [5.74, 6) is 0.689. The van der Waals surface area contributed by atoms with Gasteiger partial charge in [-0.05, 0) is 30.8 Å². The normalized spacial score (nSPS) is 20.3. The van der Waals surface area contributed by atoms with E-state index in [9.17, 15) is 4.57 Å². The maximum Gasteiger partial charge on any atom is 0.146 e. The van der Waals surface area contributed by atoms with E-state index in [1.807, 2.05) is 60.7 Å². The quantitative estimate of drug-likeness (QED) is 0.692. The number of hydrogen-bond acceptors (Lipinski definition) is 1. The van der Waals surface area contributed by atoms with E-state index in [2.05, 4.69) is 19.6 Å². The second kappa shape index (κ2) is 7.36. The van der Waals surface area contributed by atoms with Crippen molar-refractivity contribution in [3.8, 4) is 0 Å². The zero-order chi connectivity index (χ0) is 17.0. The van der Waals surface area contributed by atoms with Gasteiger partial charge in [-0.3, -0.25) is 0 Å². The fourth-order valence-electron chi connectivity index (χ4n) is 3.37. The molecule has 2 aromatic carbocycles. The summed E-state index contributed by atoms with van der Waals surface area (Å²) in [4.78, 5) is 0. The first kappa shape index (κ1) is 17.0. The van der Waals surface area contributed by atoms with E-state index in [4.69, 9.17) is 0 Å². The highest BCUT2D eigenvalue weighted by Gasteiger charge is 2.26. The molecule has 124 valence electrons. The molecule has 2 aromatic rings. The molecule has 1 atom stereocenters. The fourth-order valence-corrected chi connectivity index (χ4v) is 5.87. The van der Waals surface area contributed by atoms with Crippen LogP contribution in [0.4, 0.5) is 0 Å². The van der Waals surface area contributed by atoms with E-state index in [0.717, 1.165) is 23.5 Å². The summed E-state index contributed by atoms with van der Waals surface area (Å²) in [7, 11) is -2.65. The SMILES string of the molecule is C=C1CCC(C)C/C1=C/CP(=O)(c1ccccc1)c1ccccc1. The predicted molar refractivity (Wildman–Crippen MR) is 105 cm³/mol. The molecule has 0 aromatic heterocycles. The molecule has 1 nitrogen and oxygen atoms in total. The lowest BCUT2D eigenvalue weighted by atomic mass is 9.84. The summed E-state index contributed by atoms with van der Waals surface area (Å²) in [5.41, 5.74) is 2.53. The second-order valence-electron chi connectivity index (χ2n) is 6.77. The highest BCUT2D eigenvalue weighted by Crippen LogP contribution is 2.44. The number of hydrogen-bond donors (Lipinski definition) is 0. The van der Waals surface area contributed by atoms with Crippen LogP contribution in [-0.4, -0.2) is 6.16 Å². The van der Waals surface area contributed by atoms with E-state index < -0.39 is 7.14 Å². The Morgan fingerprint density at radius 2 is 1.58 bits per heavy atom. The van der Waals surface area contributed by atoms with Gasteiger partial charge in [-0.25, -0.2) is 0 Å². The largest absolute Gasteiger partial charge is 0.313 e. The molecule has 0 aliphatic heterocycles. The zero-order valence-corrected chi connectivity index (χ0v) is 15.2. The molecule has 24 heavy (non-hydrogen) atoms. The minimum atomic E-state index is -2.65. The van der Waals surface area contributed by atoms with Gasteiger partial charge >= 0.3 is 0 Å². The average Bonchev–Trinajstić information content (AvgIpc) is 2.63. The van der Waals surface area contributed by atoms with Gasteiger partial charge in [0.2, 0.25) is 0 Å². The molecule has 0 spiro atoms. The highest BCUT2D eigenvalue weighted by atomic mass is 31.2. The van der Waals surface area contributed by atoms with Crippen LogP contribution in [0.1, 0.15) is 26.2 Å². The van der Waals surface area contributed by atoms with Crippen LogP contribution < -0.4 is 10.6 Å². The molecule has 1 fully saturated rings. The monoisotopic (exact) mass is 336 g/mol. The smallest absolute Gasteiger partial charge is 0.146 e. The number of rotatable bonds is 4. The van der Waals surface area contributed by atoms with Crippen molar-refractivity contribution in [2.75, 3.05) is 6.16 Å². The van der Waals surface area contributed by atoms with Gasteiger partial charge in [-0.15, -0.1) is 0 Å². The number of benzene rings is 2. The van der Waals surface area contributed by atoms with Crippen molar-refractivity contribution in [1.29, 1.82) is 0 Å². The van der Waals surface area contributed by atoms with Gasteiger partial charge in [-0.1, -0.05) is 85.8 Å². The summed E-state index contributed by atoms with van der Waals surface area (Å²) in [6.07, 6.45) is 6.10. The van der Waals surface area contributed by atoms with Crippen LogP contribution in [-0.2, 0) is 4.57 Å². The third kappa shape index (κ3) is 3.62. The van der Waals surface area contributed by atoms with Gasteiger partial charge in [0, 0.05) is 16.8 Å². The Balaban J connectivity index is 1.98. The van der Waals surface area contributed by atoms with E-state index in [1.54, 1.807) is 0 Å². The molecule has 3 rings (SSSR count). The molecule has 0 amide bonds. The van der Waals surface area contributed by atoms with Crippen LogP contribution >= 0.6 is 7.14 Å². The summed E-state index contributed by atoms with van der Waals surface area (Å²) in [6.45, 7) is 6.50. The Kier molecular flexibility index (Phi) is 5.21. The highest BCUT2D eigenvalue weighted by molar-refractivity contribution is 7.78. The molecular formula is C22H25OP. The summed E-state index contributed by atoms with van der Waals surface area (Å²) in [5, 5.41) is 1.87. The maximum absolute atomic E-state index is 14.0. The first-order valence-electron chi connectivity index (χ1n) is 8.67.